The third kappa shape index (κ3) is 3.25. The first-order valence-electron chi connectivity index (χ1n) is 7.18. The summed E-state index contributed by atoms with van der Waals surface area (Å²) in [7, 11) is 2.14. The van der Waals surface area contributed by atoms with Crippen molar-refractivity contribution in [2.24, 2.45) is 0 Å². The van der Waals surface area contributed by atoms with Crippen molar-refractivity contribution in [3.8, 4) is 5.75 Å². The topological polar surface area (TPSA) is 12.5 Å². The Balaban J connectivity index is 2.48. The van der Waals surface area contributed by atoms with Gasteiger partial charge < -0.3 is 9.64 Å². The number of hydrogen-bond donors (Lipinski definition) is 0. The van der Waals surface area contributed by atoms with Crippen molar-refractivity contribution in [2.75, 3.05) is 20.2 Å². The van der Waals surface area contributed by atoms with Crippen LogP contribution >= 0.6 is 11.6 Å². The van der Waals surface area contributed by atoms with E-state index in [0.717, 1.165) is 30.6 Å². The second-order valence-electron chi connectivity index (χ2n) is 5.06. The van der Waals surface area contributed by atoms with Gasteiger partial charge in [-0.1, -0.05) is 42.8 Å². The molecule has 2 aromatic carbocycles. The number of nitrogens with zero attached hydrogens (tertiary/aromatic N) is 1. The Bertz CT molecular complexity index is 582. The van der Waals surface area contributed by atoms with Crippen LogP contribution in [0, 0.1) is 0 Å². The molecule has 0 aliphatic rings. The number of rotatable bonds is 6. The van der Waals surface area contributed by atoms with Gasteiger partial charge >= 0.3 is 0 Å². The normalized spacial score (nSPS) is 11.2. The maximum atomic E-state index is 6.40. The third-order valence-corrected chi connectivity index (χ3v) is 3.65. The van der Waals surface area contributed by atoms with Gasteiger partial charge in [0.25, 0.3) is 0 Å². The molecule has 20 heavy (non-hydrogen) atoms. The van der Waals surface area contributed by atoms with Gasteiger partial charge in [0.1, 0.15) is 5.75 Å². The fourth-order valence-electron chi connectivity index (χ4n) is 2.56. The lowest BCUT2D eigenvalue weighted by Crippen LogP contribution is -2.18. The fourth-order valence-corrected chi connectivity index (χ4v) is 2.85. The summed E-state index contributed by atoms with van der Waals surface area (Å²) in [5.74, 6) is 0.798. The zero-order valence-electron chi connectivity index (χ0n) is 12.4. The molecule has 0 saturated carbocycles. The largest absolute Gasteiger partial charge is 0.492 e. The maximum Gasteiger partial charge on any atom is 0.145 e. The van der Waals surface area contributed by atoms with Crippen LogP contribution in [0.5, 0.6) is 5.75 Å². The summed E-state index contributed by atoms with van der Waals surface area (Å²) in [6.45, 7) is 6.78. The van der Waals surface area contributed by atoms with Gasteiger partial charge in [0, 0.05) is 11.9 Å². The summed E-state index contributed by atoms with van der Waals surface area (Å²) >= 11 is 6.40. The smallest absolute Gasteiger partial charge is 0.145 e. The fraction of sp³-hybridized carbons (Fsp3) is 0.412. The molecule has 0 bridgehead atoms. The van der Waals surface area contributed by atoms with E-state index in [1.54, 1.807) is 0 Å². The van der Waals surface area contributed by atoms with E-state index < -0.39 is 0 Å². The Morgan fingerprint density at radius 1 is 1.15 bits per heavy atom. The van der Waals surface area contributed by atoms with Crippen molar-refractivity contribution in [1.29, 1.82) is 0 Å². The van der Waals surface area contributed by atoms with E-state index in [2.05, 4.69) is 37.1 Å². The highest BCUT2D eigenvalue weighted by Crippen LogP contribution is 2.36. The van der Waals surface area contributed by atoms with Crippen LogP contribution in [-0.2, 0) is 6.54 Å². The van der Waals surface area contributed by atoms with Crippen molar-refractivity contribution in [3.63, 3.8) is 0 Å². The van der Waals surface area contributed by atoms with Gasteiger partial charge in [-0.15, -0.1) is 0 Å². The Hall–Kier alpha value is -1.25. The highest BCUT2D eigenvalue weighted by Gasteiger charge is 2.12. The molecular formula is C17H22ClNO. The van der Waals surface area contributed by atoms with Crippen LogP contribution in [0.15, 0.2) is 30.3 Å². The molecule has 0 amide bonds. The van der Waals surface area contributed by atoms with Gasteiger partial charge in [-0.25, -0.2) is 0 Å². The van der Waals surface area contributed by atoms with Crippen LogP contribution in [0.4, 0.5) is 0 Å². The molecule has 108 valence electrons. The number of hydrogen-bond acceptors (Lipinski definition) is 2. The van der Waals surface area contributed by atoms with Crippen molar-refractivity contribution in [1.82, 2.24) is 4.90 Å². The number of halogens is 1. The van der Waals surface area contributed by atoms with Crippen LogP contribution in [0.1, 0.15) is 25.8 Å². The maximum absolute atomic E-state index is 6.40. The van der Waals surface area contributed by atoms with E-state index in [1.807, 2.05) is 19.1 Å². The Morgan fingerprint density at radius 2 is 1.85 bits per heavy atom. The highest BCUT2D eigenvalue weighted by molar-refractivity contribution is 6.33. The molecule has 0 aliphatic heterocycles. The van der Waals surface area contributed by atoms with E-state index in [0.29, 0.717) is 11.6 Å². The van der Waals surface area contributed by atoms with Crippen LogP contribution in [0.3, 0.4) is 0 Å². The van der Waals surface area contributed by atoms with Crippen molar-refractivity contribution >= 4 is 22.4 Å². The monoisotopic (exact) mass is 291 g/mol. The number of ether oxygens (including phenoxy) is 1. The quantitative estimate of drug-likeness (QED) is 0.762. The molecule has 0 N–H and O–H groups in total. The number of benzene rings is 2. The van der Waals surface area contributed by atoms with Gasteiger partial charge in [0.05, 0.1) is 11.6 Å². The first kappa shape index (κ1) is 15.1. The van der Waals surface area contributed by atoms with E-state index in [9.17, 15) is 0 Å². The van der Waals surface area contributed by atoms with Gasteiger partial charge in [-0.3, -0.25) is 0 Å². The minimum atomic E-state index is 0.624. The van der Waals surface area contributed by atoms with Crippen LogP contribution in [-0.4, -0.2) is 25.1 Å². The molecule has 0 atom stereocenters. The first-order valence-corrected chi connectivity index (χ1v) is 7.56. The van der Waals surface area contributed by atoms with E-state index >= 15 is 0 Å². The summed E-state index contributed by atoms with van der Waals surface area (Å²) in [6.07, 6.45) is 1.15. The van der Waals surface area contributed by atoms with Crippen molar-refractivity contribution in [3.05, 3.63) is 40.9 Å². The Labute approximate surface area is 126 Å². The van der Waals surface area contributed by atoms with Crippen LogP contribution in [0.2, 0.25) is 5.02 Å². The standard InChI is InChI=1S/C17H22ClNO/c1-4-10-19(3)12-13-11-16(18)17(20-5-2)15-9-7-6-8-14(13)15/h6-9,11H,4-5,10,12H2,1-3H3. The predicted molar refractivity (Wildman–Crippen MR) is 86.8 cm³/mol. The van der Waals surface area contributed by atoms with Crippen molar-refractivity contribution in [2.45, 2.75) is 26.8 Å². The summed E-state index contributed by atoms with van der Waals surface area (Å²) < 4.78 is 5.71. The summed E-state index contributed by atoms with van der Waals surface area (Å²) in [6, 6.07) is 10.4. The summed E-state index contributed by atoms with van der Waals surface area (Å²) in [4.78, 5) is 2.32. The van der Waals surface area contributed by atoms with Gasteiger partial charge in [0.2, 0.25) is 0 Å². The molecule has 2 aromatic rings. The average Bonchev–Trinajstić information content (AvgIpc) is 2.43. The second-order valence-corrected chi connectivity index (χ2v) is 5.47. The molecule has 3 heteroatoms. The first-order chi connectivity index (χ1) is 9.67. The predicted octanol–water partition coefficient (Wildman–Crippen LogP) is 4.73. The molecule has 2 rings (SSSR count). The lowest BCUT2D eigenvalue weighted by atomic mass is 10.0. The molecule has 0 saturated heterocycles. The summed E-state index contributed by atoms with van der Waals surface area (Å²) in [5, 5.41) is 3.02. The van der Waals surface area contributed by atoms with Crippen LogP contribution < -0.4 is 4.74 Å². The van der Waals surface area contributed by atoms with Gasteiger partial charge in [0.15, 0.2) is 0 Å². The van der Waals surface area contributed by atoms with Crippen molar-refractivity contribution < 1.29 is 4.74 Å². The zero-order valence-corrected chi connectivity index (χ0v) is 13.2. The average molecular weight is 292 g/mol. The molecule has 0 aromatic heterocycles. The molecule has 0 fully saturated rings. The molecular weight excluding hydrogens is 270 g/mol. The van der Waals surface area contributed by atoms with E-state index in [4.69, 9.17) is 16.3 Å². The molecule has 0 heterocycles. The highest BCUT2D eigenvalue weighted by atomic mass is 35.5. The van der Waals surface area contributed by atoms with E-state index in [1.165, 1.54) is 10.9 Å². The molecule has 2 nitrogen and oxygen atoms in total. The SMILES string of the molecule is CCCN(C)Cc1cc(Cl)c(OCC)c2ccccc12. The van der Waals surface area contributed by atoms with E-state index in [-0.39, 0.29) is 0 Å². The Kier molecular flexibility index (Phi) is 5.27. The lowest BCUT2D eigenvalue weighted by Gasteiger charge is -2.19. The zero-order chi connectivity index (χ0) is 14.5. The van der Waals surface area contributed by atoms with Crippen LogP contribution in [0.25, 0.3) is 10.8 Å². The molecule has 0 aliphatic carbocycles. The minimum Gasteiger partial charge on any atom is -0.492 e. The second kappa shape index (κ2) is 6.96. The van der Waals surface area contributed by atoms with Gasteiger partial charge in [-0.05, 0) is 44.0 Å². The van der Waals surface area contributed by atoms with Gasteiger partial charge in [-0.2, -0.15) is 0 Å². The molecule has 0 unspecified atom stereocenters. The Morgan fingerprint density at radius 3 is 2.50 bits per heavy atom. The number of fused-ring (bicyclic) bond motifs is 1. The molecule has 0 spiro atoms. The minimum absolute atomic E-state index is 0.624. The molecule has 0 radical (unpaired) electrons. The lowest BCUT2D eigenvalue weighted by molar-refractivity contribution is 0.328. The summed E-state index contributed by atoms with van der Waals surface area (Å²) in [5.41, 5.74) is 1.25. The third-order valence-electron chi connectivity index (χ3n) is 3.37.